The number of likely N-dealkylation sites (tertiary alicyclic amines) is 1. The van der Waals surface area contributed by atoms with Crippen molar-refractivity contribution in [2.24, 2.45) is 11.3 Å². The van der Waals surface area contributed by atoms with Crippen LogP contribution in [-0.2, 0) is 4.74 Å². The number of fused-ring (bicyclic) bond motifs is 1. The van der Waals surface area contributed by atoms with E-state index in [1.807, 2.05) is 0 Å². The van der Waals surface area contributed by atoms with E-state index in [1.165, 1.54) is 51.6 Å². The molecule has 2 nitrogen and oxygen atoms in total. The van der Waals surface area contributed by atoms with Crippen LogP contribution < -0.4 is 0 Å². The van der Waals surface area contributed by atoms with Crippen LogP contribution in [0.3, 0.4) is 0 Å². The van der Waals surface area contributed by atoms with Crippen molar-refractivity contribution < 1.29 is 4.74 Å². The van der Waals surface area contributed by atoms with Gasteiger partial charge in [-0.05, 0) is 63.6 Å². The van der Waals surface area contributed by atoms with E-state index in [0.29, 0.717) is 11.5 Å². The highest BCUT2D eigenvalue weighted by atomic mass is 16.5. The molecule has 1 saturated carbocycles. The summed E-state index contributed by atoms with van der Waals surface area (Å²) in [4.78, 5) is 2.46. The van der Waals surface area contributed by atoms with Crippen LogP contribution in [0.15, 0.2) is 0 Å². The van der Waals surface area contributed by atoms with Crippen molar-refractivity contribution in [1.82, 2.24) is 4.90 Å². The van der Waals surface area contributed by atoms with E-state index >= 15 is 0 Å². The first-order chi connectivity index (χ1) is 7.27. The smallest absolute Gasteiger partial charge is 0.0603 e. The Morgan fingerprint density at radius 1 is 1.20 bits per heavy atom. The number of nitrogens with zero attached hydrogens (tertiary/aromatic N) is 1. The van der Waals surface area contributed by atoms with E-state index in [1.54, 1.807) is 0 Å². The first-order valence-corrected chi connectivity index (χ1v) is 6.58. The summed E-state index contributed by atoms with van der Waals surface area (Å²) in [6.07, 6.45) is 9.01. The van der Waals surface area contributed by atoms with Crippen molar-refractivity contribution in [3.8, 4) is 0 Å². The molecule has 3 aliphatic rings. The van der Waals surface area contributed by atoms with Crippen molar-refractivity contribution in [2.75, 3.05) is 26.7 Å². The van der Waals surface area contributed by atoms with E-state index < -0.39 is 0 Å². The van der Waals surface area contributed by atoms with Crippen molar-refractivity contribution in [1.29, 1.82) is 0 Å². The van der Waals surface area contributed by atoms with Gasteiger partial charge in [0.2, 0.25) is 0 Å². The lowest BCUT2D eigenvalue weighted by atomic mass is 9.70. The SMILES string of the molecule is CN1CCC2(CC1)COC1CCCC1C2. The highest BCUT2D eigenvalue weighted by molar-refractivity contribution is 4.94. The van der Waals surface area contributed by atoms with Gasteiger partial charge in [-0.25, -0.2) is 0 Å². The van der Waals surface area contributed by atoms with Crippen molar-refractivity contribution in [3.63, 3.8) is 0 Å². The van der Waals surface area contributed by atoms with Gasteiger partial charge in [0.15, 0.2) is 0 Å². The first kappa shape index (κ1) is 10.1. The molecule has 2 heterocycles. The summed E-state index contributed by atoms with van der Waals surface area (Å²) in [5.74, 6) is 0.905. The van der Waals surface area contributed by atoms with Crippen LogP contribution >= 0.6 is 0 Å². The maximum Gasteiger partial charge on any atom is 0.0603 e. The van der Waals surface area contributed by atoms with Gasteiger partial charge in [0, 0.05) is 0 Å². The molecule has 2 atom stereocenters. The molecule has 2 saturated heterocycles. The zero-order valence-electron chi connectivity index (χ0n) is 9.87. The van der Waals surface area contributed by atoms with Gasteiger partial charge in [0.05, 0.1) is 12.7 Å². The third-order valence-electron chi connectivity index (χ3n) is 4.94. The van der Waals surface area contributed by atoms with Gasteiger partial charge >= 0.3 is 0 Å². The normalized spacial score (nSPS) is 40.6. The lowest BCUT2D eigenvalue weighted by Gasteiger charge is -2.46. The van der Waals surface area contributed by atoms with E-state index in [9.17, 15) is 0 Å². The minimum atomic E-state index is 0.567. The third-order valence-corrected chi connectivity index (χ3v) is 4.94. The van der Waals surface area contributed by atoms with Crippen LogP contribution in [-0.4, -0.2) is 37.7 Å². The van der Waals surface area contributed by atoms with Crippen LogP contribution in [0.1, 0.15) is 38.5 Å². The highest BCUT2D eigenvalue weighted by Crippen LogP contribution is 2.47. The standard InChI is InChI=1S/C13H23NO/c1-14-7-5-13(6-8-14)9-11-3-2-4-12(11)15-10-13/h11-12H,2-10H2,1H3. The van der Waals surface area contributed by atoms with Gasteiger partial charge in [-0.3, -0.25) is 0 Å². The summed E-state index contributed by atoms with van der Waals surface area (Å²) in [6.45, 7) is 3.61. The minimum Gasteiger partial charge on any atom is -0.377 e. The molecule has 15 heavy (non-hydrogen) atoms. The third kappa shape index (κ3) is 1.83. The van der Waals surface area contributed by atoms with E-state index in [-0.39, 0.29) is 0 Å². The van der Waals surface area contributed by atoms with Crippen LogP contribution in [0.5, 0.6) is 0 Å². The van der Waals surface area contributed by atoms with Gasteiger partial charge in [-0.2, -0.15) is 0 Å². The summed E-state index contributed by atoms with van der Waals surface area (Å²) in [6, 6.07) is 0. The Hall–Kier alpha value is -0.0800. The number of ether oxygens (including phenoxy) is 1. The predicted molar refractivity (Wildman–Crippen MR) is 60.9 cm³/mol. The minimum absolute atomic E-state index is 0.567. The maximum absolute atomic E-state index is 6.11. The average molecular weight is 209 g/mol. The molecule has 1 spiro atoms. The number of hydrogen-bond donors (Lipinski definition) is 0. The topological polar surface area (TPSA) is 12.5 Å². The fraction of sp³-hybridized carbons (Fsp3) is 1.00. The van der Waals surface area contributed by atoms with Crippen molar-refractivity contribution in [2.45, 2.75) is 44.6 Å². The maximum atomic E-state index is 6.11. The molecular formula is C13H23NO. The lowest BCUT2D eigenvalue weighted by Crippen LogP contribution is -2.46. The van der Waals surface area contributed by atoms with E-state index in [2.05, 4.69) is 11.9 Å². The second kappa shape index (κ2) is 3.74. The molecule has 0 aromatic heterocycles. The second-order valence-electron chi connectivity index (χ2n) is 6.05. The van der Waals surface area contributed by atoms with Gasteiger partial charge in [-0.1, -0.05) is 6.42 Å². The predicted octanol–water partition coefficient (Wildman–Crippen LogP) is 2.29. The van der Waals surface area contributed by atoms with Gasteiger partial charge in [0.25, 0.3) is 0 Å². The Morgan fingerprint density at radius 3 is 2.80 bits per heavy atom. The molecule has 0 aromatic rings. The molecule has 3 fully saturated rings. The fourth-order valence-corrected chi connectivity index (χ4v) is 3.80. The van der Waals surface area contributed by atoms with Crippen LogP contribution in [0, 0.1) is 11.3 Å². The highest BCUT2D eigenvalue weighted by Gasteiger charge is 2.44. The van der Waals surface area contributed by atoms with Gasteiger partial charge in [-0.15, -0.1) is 0 Å². The van der Waals surface area contributed by atoms with Crippen molar-refractivity contribution in [3.05, 3.63) is 0 Å². The van der Waals surface area contributed by atoms with Crippen LogP contribution in [0.25, 0.3) is 0 Å². The molecule has 0 N–H and O–H groups in total. The summed E-state index contributed by atoms with van der Waals surface area (Å²) in [7, 11) is 2.24. The molecule has 0 bridgehead atoms. The van der Waals surface area contributed by atoms with Crippen LogP contribution in [0.2, 0.25) is 0 Å². The Bertz CT molecular complexity index is 233. The molecule has 1 aliphatic carbocycles. The van der Waals surface area contributed by atoms with Crippen molar-refractivity contribution >= 4 is 0 Å². The van der Waals surface area contributed by atoms with Gasteiger partial charge < -0.3 is 9.64 Å². The Morgan fingerprint density at radius 2 is 2.00 bits per heavy atom. The molecule has 2 heteroatoms. The monoisotopic (exact) mass is 209 g/mol. The number of rotatable bonds is 0. The quantitative estimate of drug-likeness (QED) is 0.607. The first-order valence-electron chi connectivity index (χ1n) is 6.58. The molecule has 0 amide bonds. The second-order valence-corrected chi connectivity index (χ2v) is 6.05. The van der Waals surface area contributed by atoms with Gasteiger partial charge in [0.1, 0.15) is 0 Å². The molecule has 3 rings (SSSR count). The van der Waals surface area contributed by atoms with Crippen LogP contribution in [0.4, 0.5) is 0 Å². The molecule has 2 aliphatic heterocycles. The summed E-state index contributed by atoms with van der Waals surface area (Å²) in [5.41, 5.74) is 0.567. The fourth-order valence-electron chi connectivity index (χ4n) is 3.80. The Balaban J connectivity index is 1.67. The number of hydrogen-bond acceptors (Lipinski definition) is 2. The molecule has 0 radical (unpaired) electrons. The van der Waals surface area contributed by atoms with E-state index in [0.717, 1.165) is 12.5 Å². The largest absolute Gasteiger partial charge is 0.377 e. The molecule has 86 valence electrons. The molecule has 2 unspecified atom stereocenters. The molecular weight excluding hydrogens is 186 g/mol. The average Bonchev–Trinajstić information content (AvgIpc) is 2.70. The lowest BCUT2D eigenvalue weighted by molar-refractivity contribution is -0.105. The summed E-state index contributed by atoms with van der Waals surface area (Å²) in [5, 5.41) is 0. The van der Waals surface area contributed by atoms with E-state index in [4.69, 9.17) is 4.74 Å². The molecule has 0 aromatic carbocycles. The zero-order valence-corrected chi connectivity index (χ0v) is 9.87. The Labute approximate surface area is 93.0 Å². The Kier molecular flexibility index (Phi) is 2.52. The zero-order chi connectivity index (χ0) is 10.3. The number of piperidine rings is 1. The summed E-state index contributed by atoms with van der Waals surface area (Å²) >= 11 is 0. The summed E-state index contributed by atoms with van der Waals surface area (Å²) < 4.78 is 6.11.